The van der Waals surface area contributed by atoms with Crippen LogP contribution in [-0.4, -0.2) is 29.6 Å². The summed E-state index contributed by atoms with van der Waals surface area (Å²) in [5.41, 5.74) is 1.46. The number of anilines is 1. The molecule has 1 N–H and O–H groups in total. The van der Waals surface area contributed by atoms with Gasteiger partial charge in [0.1, 0.15) is 11.6 Å². The van der Waals surface area contributed by atoms with Crippen LogP contribution in [0.25, 0.3) is 0 Å². The van der Waals surface area contributed by atoms with Crippen molar-refractivity contribution in [3.05, 3.63) is 54.1 Å². The Bertz CT molecular complexity index is 679. The number of hydrogen-bond acceptors (Lipinski definition) is 3. The zero-order valence-electron chi connectivity index (χ0n) is 14.1. The molecule has 0 saturated heterocycles. The van der Waals surface area contributed by atoms with Crippen LogP contribution in [0.15, 0.2) is 42.7 Å². The number of nitrogens with one attached hydrogen (secondary N) is 1. The minimum atomic E-state index is -0.416. The van der Waals surface area contributed by atoms with Crippen molar-refractivity contribution in [2.75, 3.05) is 19.0 Å². The maximum atomic E-state index is 13.3. The van der Waals surface area contributed by atoms with Crippen molar-refractivity contribution in [3.8, 4) is 5.75 Å². The molecule has 0 unspecified atom stereocenters. The molecule has 0 aliphatic heterocycles. The first-order valence-corrected chi connectivity index (χ1v) is 7.91. The molecule has 128 valence electrons. The maximum absolute atomic E-state index is 13.3. The number of methoxy groups -OCH3 is 1. The summed E-state index contributed by atoms with van der Waals surface area (Å²) in [4.78, 5) is 18.5. The van der Waals surface area contributed by atoms with E-state index in [1.165, 1.54) is 25.3 Å². The van der Waals surface area contributed by atoms with Gasteiger partial charge in [-0.05, 0) is 43.2 Å². The summed E-state index contributed by atoms with van der Waals surface area (Å²) in [6.45, 7) is 4.49. The number of carbonyl (C=O) groups excluding carboxylic acids is 1. The Balaban J connectivity index is 2.22. The predicted octanol–water partition coefficient (Wildman–Crippen LogP) is 4.23. The number of hydrogen-bond donors (Lipinski definition) is 1. The average Bonchev–Trinajstić information content (AvgIpc) is 2.61. The summed E-state index contributed by atoms with van der Waals surface area (Å²) in [6.07, 6.45) is 4.20. The molecule has 1 aromatic heterocycles. The first kappa shape index (κ1) is 17.7. The summed E-state index contributed by atoms with van der Waals surface area (Å²) in [5, 5.41) is 2.80. The molecule has 2 amide bonds. The Morgan fingerprint density at radius 1 is 1.29 bits per heavy atom. The van der Waals surface area contributed by atoms with Gasteiger partial charge in [0, 0.05) is 25.0 Å². The molecule has 2 rings (SSSR count). The largest absolute Gasteiger partial charge is 0.494 e. The fourth-order valence-corrected chi connectivity index (χ4v) is 2.68. The molecule has 0 saturated carbocycles. The van der Waals surface area contributed by atoms with Crippen LogP contribution in [0.4, 0.5) is 14.9 Å². The summed E-state index contributed by atoms with van der Waals surface area (Å²) in [6, 6.07) is 7.51. The molecule has 2 aromatic rings. The molecule has 1 heterocycles. The third-order valence-electron chi connectivity index (χ3n) is 3.86. The zero-order chi connectivity index (χ0) is 17.5. The molecule has 0 radical (unpaired) electrons. The summed E-state index contributed by atoms with van der Waals surface area (Å²) in [7, 11) is 1.44. The van der Waals surface area contributed by atoms with Crippen molar-refractivity contribution >= 4 is 11.7 Å². The summed E-state index contributed by atoms with van der Waals surface area (Å²) < 4.78 is 18.4. The Kier molecular flexibility index (Phi) is 6.12. The number of amides is 2. The molecule has 0 aliphatic carbocycles. The highest BCUT2D eigenvalue weighted by Gasteiger charge is 2.23. The van der Waals surface area contributed by atoms with Crippen LogP contribution in [0, 0.1) is 5.82 Å². The third kappa shape index (κ3) is 4.01. The Morgan fingerprint density at radius 3 is 2.58 bits per heavy atom. The van der Waals surface area contributed by atoms with Crippen LogP contribution < -0.4 is 10.1 Å². The number of aromatic nitrogens is 1. The van der Waals surface area contributed by atoms with Gasteiger partial charge in [0.05, 0.1) is 18.8 Å². The highest BCUT2D eigenvalue weighted by molar-refractivity contribution is 5.91. The van der Waals surface area contributed by atoms with Gasteiger partial charge in [-0.1, -0.05) is 6.92 Å². The lowest BCUT2D eigenvalue weighted by Crippen LogP contribution is -2.38. The van der Waals surface area contributed by atoms with E-state index in [4.69, 9.17) is 4.74 Å². The summed E-state index contributed by atoms with van der Waals surface area (Å²) in [5.74, 6) is -0.128. The number of pyridine rings is 1. The zero-order valence-corrected chi connectivity index (χ0v) is 14.1. The highest BCUT2D eigenvalue weighted by Crippen LogP contribution is 2.28. The molecule has 0 bridgehead atoms. The topological polar surface area (TPSA) is 54.5 Å². The number of urea groups is 1. The molecule has 24 heavy (non-hydrogen) atoms. The number of benzene rings is 1. The number of halogens is 1. The van der Waals surface area contributed by atoms with Crippen LogP contribution in [0.5, 0.6) is 5.75 Å². The SMILES string of the molecule is CC[C@@H](c1ccncc1)N(CC)C(=O)Nc1ccc(F)cc1OC. The van der Waals surface area contributed by atoms with Crippen LogP contribution in [0.1, 0.15) is 31.9 Å². The predicted molar refractivity (Wildman–Crippen MR) is 91.6 cm³/mol. The van der Waals surface area contributed by atoms with Gasteiger partial charge < -0.3 is 15.0 Å². The van der Waals surface area contributed by atoms with E-state index in [9.17, 15) is 9.18 Å². The molecule has 0 spiro atoms. The van der Waals surface area contributed by atoms with Crippen molar-refractivity contribution in [1.82, 2.24) is 9.88 Å². The van der Waals surface area contributed by atoms with Crippen LogP contribution >= 0.6 is 0 Å². The third-order valence-corrected chi connectivity index (χ3v) is 3.86. The van der Waals surface area contributed by atoms with Gasteiger partial charge in [0.2, 0.25) is 0 Å². The number of nitrogens with zero attached hydrogens (tertiary/aromatic N) is 2. The maximum Gasteiger partial charge on any atom is 0.322 e. The normalized spacial score (nSPS) is 11.7. The second-order valence-corrected chi connectivity index (χ2v) is 5.27. The van der Waals surface area contributed by atoms with E-state index in [1.54, 1.807) is 17.3 Å². The van der Waals surface area contributed by atoms with Gasteiger partial charge in [-0.2, -0.15) is 0 Å². The number of ether oxygens (including phenoxy) is 1. The molecule has 1 aromatic carbocycles. The Labute approximate surface area is 141 Å². The first-order chi connectivity index (χ1) is 11.6. The second kappa shape index (κ2) is 8.29. The van der Waals surface area contributed by atoms with E-state index in [2.05, 4.69) is 10.3 Å². The van der Waals surface area contributed by atoms with Crippen molar-refractivity contribution in [2.45, 2.75) is 26.3 Å². The van der Waals surface area contributed by atoms with Crippen LogP contribution in [0.2, 0.25) is 0 Å². The smallest absolute Gasteiger partial charge is 0.322 e. The van der Waals surface area contributed by atoms with Gasteiger partial charge >= 0.3 is 6.03 Å². The molecular weight excluding hydrogens is 309 g/mol. The number of rotatable bonds is 6. The quantitative estimate of drug-likeness (QED) is 0.861. The fourth-order valence-electron chi connectivity index (χ4n) is 2.68. The first-order valence-electron chi connectivity index (χ1n) is 7.91. The van der Waals surface area contributed by atoms with E-state index < -0.39 is 5.82 Å². The standard InChI is InChI=1S/C18H22FN3O2/c1-4-16(13-8-10-20-11-9-13)22(5-2)18(23)21-15-7-6-14(19)12-17(15)24-3/h6-12,16H,4-5H2,1-3H3,(H,21,23)/t16-/m0/s1. The van der Waals surface area contributed by atoms with E-state index in [0.29, 0.717) is 12.2 Å². The minimum absolute atomic E-state index is 0.0653. The van der Waals surface area contributed by atoms with Gasteiger partial charge in [0.15, 0.2) is 0 Å². The lowest BCUT2D eigenvalue weighted by molar-refractivity contribution is 0.189. The second-order valence-electron chi connectivity index (χ2n) is 5.27. The molecule has 1 atom stereocenters. The van der Waals surface area contributed by atoms with E-state index in [0.717, 1.165) is 12.0 Å². The van der Waals surface area contributed by atoms with E-state index in [1.807, 2.05) is 26.0 Å². The van der Waals surface area contributed by atoms with E-state index in [-0.39, 0.29) is 17.8 Å². The van der Waals surface area contributed by atoms with Gasteiger partial charge in [-0.15, -0.1) is 0 Å². The van der Waals surface area contributed by atoms with Gasteiger partial charge in [-0.3, -0.25) is 4.98 Å². The van der Waals surface area contributed by atoms with Crippen LogP contribution in [0.3, 0.4) is 0 Å². The van der Waals surface area contributed by atoms with Crippen molar-refractivity contribution in [1.29, 1.82) is 0 Å². The fraction of sp³-hybridized carbons (Fsp3) is 0.333. The van der Waals surface area contributed by atoms with Gasteiger partial charge in [0.25, 0.3) is 0 Å². The van der Waals surface area contributed by atoms with Crippen molar-refractivity contribution in [3.63, 3.8) is 0 Å². The monoisotopic (exact) mass is 331 g/mol. The van der Waals surface area contributed by atoms with Gasteiger partial charge in [-0.25, -0.2) is 9.18 Å². The van der Waals surface area contributed by atoms with E-state index >= 15 is 0 Å². The molecular formula is C18H22FN3O2. The lowest BCUT2D eigenvalue weighted by Gasteiger charge is -2.30. The Morgan fingerprint density at radius 2 is 2.00 bits per heavy atom. The molecule has 0 fully saturated rings. The molecule has 5 nitrogen and oxygen atoms in total. The Hall–Kier alpha value is -2.63. The molecule has 0 aliphatic rings. The number of carbonyl (C=O) groups is 1. The summed E-state index contributed by atoms with van der Waals surface area (Å²) >= 11 is 0. The highest BCUT2D eigenvalue weighted by atomic mass is 19.1. The van der Waals surface area contributed by atoms with Crippen molar-refractivity contribution in [2.24, 2.45) is 0 Å². The van der Waals surface area contributed by atoms with Crippen LogP contribution in [-0.2, 0) is 0 Å². The van der Waals surface area contributed by atoms with Crippen molar-refractivity contribution < 1.29 is 13.9 Å². The molecule has 6 heteroatoms. The minimum Gasteiger partial charge on any atom is -0.494 e. The lowest BCUT2D eigenvalue weighted by atomic mass is 10.0. The average molecular weight is 331 g/mol.